The molecule has 0 amide bonds. The van der Waals surface area contributed by atoms with E-state index in [1.807, 2.05) is 12.2 Å². The lowest BCUT2D eigenvalue weighted by Crippen LogP contribution is -2.50. The third-order valence-electron chi connectivity index (χ3n) is 5.78. The molecule has 0 rings (SSSR count). The average Bonchev–Trinajstić information content (AvgIpc) is 2.57. The Labute approximate surface area is 188 Å². The van der Waals surface area contributed by atoms with Gasteiger partial charge in [0.25, 0.3) is 0 Å². The number of hydrogen-bond donors (Lipinski definition) is 1. The summed E-state index contributed by atoms with van der Waals surface area (Å²) >= 11 is 0. The van der Waals surface area contributed by atoms with Crippen LogP contribution in [-0.2, 0) is 14.0 Å². The minimum atomic E-state index is -2.10. The molecule has 0 aliphatic carbocycles. The van der Waals surface area contributed by atoms with Crippen LogP contribution >= 0.6 is 0 Å². The maximum absolute atomic E-state index is 12.1. The van der Waals surface area contributed by atoms with Crippen molar-refractivity contribution in [1.82, 2.24) is 0 Å². The fourth-order valence-electron chi connectivity index (χ4n) is 4.08. The monoisotopic (exact) mass is 456 g/mol. The van der Waals surface area contributed by atoms with Gasteiger partial charge < -0.3 is 14.3 Å². The number of aliphatic hydroxyl groups excluding tert-OH is 1. The van der Waals surface area contributed by atoms with Crippen molar-refractivity contribution in [1.29, 1.82) is 0 Å². The third kappa shape index (κ3) is 10.1. The van der Waals surface area contributed by atoms with E-state index in [-0.39, 0.29) is 18.0 Å². The van der Waals surface area contributed by atoms with Gasteiger partial charge in [-0.25, -0.2) is 4.79 Å². The molecular weight excluding hydrogens is 408 g/mol. The first kappa shape index (κ1) is 29.3. The second-order valence-corrected chi connectivity index (χ2v) is 21.8. The topological polar surface area (TPSA) is 55.8 Å². The van der Waals surface area contributed by atoms with Crippen LogP contribution in [0, 0.1) is 5.92 Å². The van der Waals surface area contributed by atoms with E-state index in [0.717, 1.165) is 6.04 Å². The Kier molecular flexibility index (Phi) is 12.7. The molecule has 1 N–H and O–H groups in total. The van der Waals surface area contributed by atoms with Crippen molar-refractivity contribution in [3.8, 4) is 0 Å². The van der Waals surface area contributed by atoms with E-state index in [9.17, 15) is 9.90 Å². The predicted molar refractivity (Wildman–Crippen MR) is 134 cm³/mol. The van der Waals surface area contributed by atoms with Crippen molar-refractivity contribution in [2.45, 2.75) is 110 Å². The van der Waals surface area contributed by atoms with Crippen molar-refractivity contribution in [2.24, 2.45) is 5.92 Å². The van der Waals surface area contributed by atoms with E-state index < -0.39 is 22.5 Å². The fourth-order valence-corrected chi connectivity index (χ4v) is 10.4. The summed E-state index contributed by atoms with van der Waals surface area (Å²) < 4.78 is 12.3. The number of carbonyl (C=O) groups is 1. The van der Waals surface area contributed by atoms with Crippen LogP contribution in [0.3, 0.4) is 0 Å². The molecule has 0 radical (unpaired) electrons. The molecule has 1 unspecified atom stereocenters. The number of carbonyl (C=O) groups excluding carboxylic acids is 1. The molecule has 0 saturated carbocycles. The summed E-state index contributed by atoms with van der Waals surface area (Å²) in [4.78, 5) is 12.1. The van der Waals surface area contributed by atoms with E-state index in [0.29, 0.717) is 23.2 Å². The molecule has 0 aromatic rings. The molecule has 0 heterocycles. The lowest BCUT2D eigenvalue weighted by molar-refractivity contribution is -0.137. The lowest BCUT2D eigenvalue weighted by Gasteiger charge is -2.45. The normalized spacial score (nSPS) is 16.8. The van der Waals surface area contributed by atoms with Crippen LogP contribution in [0.2, 0.25) is 42.3 Å². The Morgan fingerprint density at radius 3 is 1.77 bits per heavy atom. The van der Waals surface area contributed by atoms with Crippen LogP contribution in [0.1, 0.15) is 55.4 Å². The molecule has 0 aromatic carbocycles. The molecule has 0 aromatic heterocycles. The zero-order chi connectivity index (χ0) is 23.7. The van der Waals surface area contributed by atoms with Crippen LogP contribution in [0.25, 0.3) is 0 Å². The number of esters is 1. The number of ether oxygens (including phenoxy) is 1. The highest BCUT2D eigenvalue weighted by Crippen LogP contribution is 2.43. The molecule has 6 heteroatoms. The Morgan fingerprint density at radius 1 is 0.867 bits per heavy atom. The molecule has 4 nitrogen and oxygen atoms in total. The number of hydrogen-bond acceptors (Lipinski definition) is 4. The van der Waals surface area contributed by atoms with Gasteiger partial charge in [-0.2, -0.15) is 0 Å². The zero-order valence-electron chi connectivity index (χ0n) is 21.4. The van der Waals surface area contributed by atoms with Gasteiger partial charge in [0, 0.05) is 20.1 Å². The van der Waals surface area contributed by atoms with Gasteiger partial charge in [-0.3, -0.25) is 0 Å². The zero-order valence-corrected chi connectivity index (χ0v) is 23.4. The van der Waals surface area contributed by atoms with Crippen LogP contribution < -0.4 is 0 Å². The van der Waals surface area contributed by atoms with Crippen molar-refractivity contribution in [3.63, 3.8) is 0 Å². The minimum absolute atomic E-state index is 0.00679. The highest BCUT2D eigenvalue weighted by molar-refractivity contribution is 6.77. The first-order valence-electron chi connectivity index (χ1n) is 11.5. The summed E-state index contributed by atoms with van der Waals surface area (Å²) in [6.07, 6.45) is 6.43. The molecule has 0 aliphatic heterocycles. The molecule has 0 fully saturated rings. The maximum atomic E-state index is 12.1. The van der Waals surface area contributed by atoms with E-state index in [2.05, 4.69) is 68.1 Å². The number of rotatable bonds is 13. The lowest BCUT2D eigenvalue weighted by atomic mass is 10.0. The standard InChI is InChI=1S/C24H48O4Si2/c1-18(2)30(19(3)4,20(5)6)28-23(14-13-22(8)25)21(7)12-15-24(26)27-16-17-29(9,10)11/h12-15,18-23,25H,16-17H2,1-11H3/b14-13+,15-12+/t21-,22?,23-/m0/s1. The Morgan fingerprint density at radius 2 is 1.37 bits per heavy atom. The van der Waals surface area contributed by atoms with Crippen LogP contribution in [-0.4, -0.2) is 46.3 Å². The van der Waals surface area contributed by atoms with Gasteiger partial charge in [0.05, 0.1) is 18.8 Å². The summed E-state index contributed by atoms with van der Waals surface area (Å²) in [5.74, 6) is -0.300. The predicted octanol–water partition coefficient (Wildman–Crippen LogP) is 6.56. The summed E-state index contributed by atoms with van der Waals surface area (Å²) in [5.41, 5.74) is 1.38. The van der Waals surface area contributed by atoms with Crippen molar-refractivity contribution < 1.29 is 19.1 Å². The average molecular weight is 457 g/mol. The second-order valence-electron chi connectivity index (χ2n) is 10.7. The van der Waals surface area contributed by atoms with Gasteiger partial charge in [-0.05, 0) is 29.6 Å². The highest BCUT2D eigenvalue weighted by atomic mass is 28.4. The quantitative estimate of drug-likeness (QED) is 0.148. The molecule has 0 aliphatic rings. The summed E-state index contributed by atoms with van der Waals surface area (Å²) in [5, 5.41) is 9.77. The Bertz CT molecular complexity index is 538. The van der Waals surface area contributed by atoms with E-state index in [1.54, 1.807) is 13.0 Å². The molecule has 3 atom stereocenters. The highest BCUT2D eigenvalue weighted by Gasteiger charge is 2.46. The largest absolute Gasteiger partial charge is 0.463 e. The van der Waals surface area contributed by atoms with Crippen molar-refractivity contribution in [2.75, 3.05) is 6.61 Å². The van der Waals surface area contributed by atoms with Gasteiger partial charge in [-0.1, -0.05) is 86.3 Å². The minimum Gasteiger partial charge on any atom is -0.463 e. The van der Waals surface area contributed by atoms with Gasteiger partial charge in [-0.15, -0.1) is 0 Å². The maximum Gasteiger partial charge on any atom is 0.330 e. The summed E-state index contributed by atoms with van der Waals surface area (Å²) in [6.45, 7) is 24.7. The first-order valence-corrected chi connectivity index (χ1v) is 17.4. The SMILES string of the molecule is CC(O)/C=C/[C@H](O[Si](C(C)C)(C(C)C)C(C)C)[C@@H](C)/C=C/C(=O)OCC[Si](C)(C)C. The van der Waals surface area contributed by atoms with E-state index >= 15 is 0 Å². The molecule has 0 spiro atoms. The molecule has 0 saturated heterocycles. The van der Waals surface area contributed by atoms with Crippen molar-refractivity contribution >= 4 is 22.4 Å². The van der Waals surface area contributed by atoms with Crippen LogP contribution in [0.15, 0.2) is 24.3 Å². The third-order valence-corrected chi connectivity index (χ3v) is 13.6. The molecule has 30 heavy (non-hydrogen) atoms. The molecule has 0 bridgehead atoms. The summed E-state index contributed by atoms with van der Waals surface area (Å²) in [6, 6.07) is 0.969. The van der Waals surface area contributed by atoms with Gasteiger partial charge in [0.15, 0.2) is 0 Å². The smallest absolute Gasteiger partial charge is 0.330 e. The van der Waals surface area contributed by atoms with Crippen LogP contribution in [0.5, 0.6) is 0 Å². The van der Waals surface area contributed by atoms with E-state index in [1.165, 1.54) is 6.08 Å². The fraction of sp³-hybridized carbons (Fsp3) is 0.792. The second kappa shape index (κ2) is 13.0. The van der Waals surface area contributed by atoms with E-state index in [4.69, 9.17) is 9.16 Å². The summed E-state index contributed by atoms with van der Waals surface area (Å²) in [7, 11) is -3.32. The Hall–Kier alpha value is -0.696. The molecular formula is C24H48O4Si2. The van der Waals surface area contributed by atoms with Crippen LogP contribution in [0.4, 0.5) is 0 Å². The van der Waals surface area contributed by atoms with Crippen molar-refractivity contribution in [3.05, 3.63) is 24.3 Å². The number of aliphatic hydroxyl groups is 1. The first-order chi connectivity index (χ1) is 13.6. The Balaban J connectivity index is 5.48. The molecule has 176 valence electrons. The van der Waals surface area contributed by atoms with Gasteiger partial charge in [0.1, 0.15) is 0 Å². The van der Waals surface area contributed by atoms with Gasteiger partial charge in [0.2, 0.25) is 8.32 Å². The van der Waals surface area contributed by atoms with Gasteiger partial charge >= 0.3 is 5.97 Å².